The first-order chi connectivity index (χ1) is 13.6. The van der Waals surface area contributed by atoms with Gasteiger partial charge in [-0.2, -0.15) is 0 Å². The quantitative estimate of drug-likeness (QED) is 0.373. The van der Waals surface area contributed by atoms with Crippen LogP contribution in [0.5, 0.6) is 0 Å². The van der Waals surface area contributed by atoms with Gasteiger partial charge in [0.2, 0.25) is 0 Å². The molecule has 0 saturated carbocycles. The van der Waals surface area contributed by atoms with Gasteiger partial charge in [-0.15, -0.1) is 0 Å². The molecule has 0 amide bonds. The van der Waals surface area contributed by atoms with Crippen molar-refractivity contribution in [3.8, 4) is 0 Å². The summed E-state index contributed by atoms with van der Waals surface area (Å²) >= 11 is 0. The number of fused-ring (bicyclic) bond motifs is 2. The molecule has 1 aromatic heterocycles. The van der Waals surface area contributed by atoms with Crippen LogP contribution in [0.15, 0.2) is 105 Å². The van der Waals surface area contributed by atoms with Crippen LogP contribution in [0.3, 0.4) is 0 Å². The highest BCUT2D eigenvalue weighted by molar-refractivity contribution is 5.82. The van der Waals surface area contributed by atoms with Gasteiger partial charge in [0.1, 0.15) is 11.3 Å². The maximum Gasteiger partial charge on any atom is 0.193 e. The fraction of sp³-hybridized carbons (Fsp3) is 0.115. The van der Waals surface area contributed by atoms with Crippen LogP contribution in [0.1, 0.15) is 26.0 Å². The molecule has 0 spiro atoms. The molecule has 3 aromatic carbocycles. The number of benzene rings is 3. The number of hydrogen-bond acceptors (Lipinski definition) is 2. The van der Waals surface area contributed by atoms with Gasteiger partial charge in [-0.25, -0.2) is 0 Å². The minimum Gasteiger partial charge on any atom is -0.456 e. The van der Waals surface area contributed by atoms with Crippen molar-refractivity contribution >= 4 is 27.3 Å². The minimum absolute atomic E-state index is 0.0247. The van der Waals surface area contributed by atoms with Gasteiger partial charge in [0.25, 0.3) is 0 Å². The van der Waals surface area contributed by atoms with Crippen LogP contribution < -0.4 is 5.43 Å². The summed E-state index contributed by atoms with van der Waals surface area (Å²) < 4.78 is 5.85. The third kappa shape index (κ3) is 3.67. The van der Waals surface area contributed by atoms with Crippen molar-refractivity contribution in [3.05, 3.63) is 112 Å². The maximum absolute atomic E-state index is 12.0. The molecule has 1 heterocycles. The number of allylic oxidation sites excluding steroid dienone is 4. The molecule has 0 radical (unpaired) electrons. The molecule has 2 heteroatoms. The van der Waals surface area contributed by atoms with Gasteiger partial charge >= 0.3 is 0 Å². The van der Waals surface area contributed by atoms with Crippen LogP contribution >= 0.6 is 0 Å². The van der Waals surface area contributed by atoms with Gasteiger partial charge in [-0.1, -0.05) is 72.3 Å². The molecule has 1 aliphatic carbocycles. The molecule has 0 bridgehead atoms. The lowest BCUT2D eigenvalue weighted by molar-refractivity contribution is 0.584. The third-order valence-corrected chi connectivity index (χ3v) is 4.99. The van der Waals surface area contributed by atoms with Crippen LogP contribution in [-0.4, -0.2) is 0 Å². The summed E-state index contributed by atoms with van der Waals surface area (Å²) in [5.41, 5.74) is 4.29. The van der Waals surface area contributed by atoms with Crippen molar-refractivity contribution in [2.45, 2.75) is 20.3 Å². The minimum atomic E-state index is 0.0247. The summed E-state index contributed by atoms with van der Waals surface area (Å²) in [5.74, 6) is 0.698. The van der Waals surface area contributed by atoms with E-state index >= 15 is 0 Å². The smallest absolute Gasteiger partial charge is 0.193 e. The second kappa shape index (κ2) is 7.69. The highest BCUT2D eigenvalue weighted by Crippen LogP contribution is 2.33. The van der Waals surface area contributed by atoms with Gasteiger partial charge < -0.3 is 4.42 Å². The highest BCUT2D eigenvalue weighted by atomic mass is 16.3. The van der Waals surface area contributed by atoms with Crippen molar-refractivity contribution in [2.75, 3.05) is 0 Å². The summed E-state index contributed by atoms with van der Waals surface area (Å²) in [5, 5.41) is 3.26. The second-order valence-electron chi connectivity index (χ2n) is 7.15. The first kappa shape index (κ1) is 18.0. The van der Waals surface area contributed by atoms with E-state index in [0.29, 0.717) is 16.7 Å². The van der Waals surface area contributed by atoms with Gasteiger partial charge in [0.15, 0.2) is 5.43 Å². The fourth-order valence-corrected chi connectivity index (χ4v) is 3.59. The molecule has 4 aromatic rings. The normalized spacial score (nSPS) is 13.4. The molecule has 138 valence electrons. The average Bonchev–Trinajstić information content (AvgIpc) is 3.06. The maximum atomic E-state index is 12.0. The summed E-state index contributed by atoms with van der Waals surface area (Å²) in [6.07, 6.45) is 3.01. The molecule has 28 heavy (non-hydrogen) atoms. The second-order valence-corrected chi connectivity index (χ2v) is 7.15. The van der Waals surface area contributed by atoms with E-state index in [1.165, 1.54) is 21.9 Å². The van der Waals surface area contributed by atoms with E-state index in [-0.39, 0.29) is 5.43 Å². The Balaban J connectivity index is 0.000000162. The summed E-state index contributed by atoms with van der Waals surface area (Å²) in [7, 11) is 0. The van der Waals surface area contributed by atoms with Crippen molar-refractivity contribution in [3.63, 3.8) is 0 Å². The van der Waals surface area contributed by atoms with Crippen LogP contribution in [-0.2, 0) is 0 Å². The van der Waals surface area contributed by atoms with E-state index in [1.54, 1.807) is 12.1 Å². The van der Waals surface area contributed by atoms with Crippen LogP contribution in [0.25, 0.3) is 27.3 Å². The Morgan fingerprint density at radius 2 is 1.36 bits per heavy atom. The van der Waals surface area contributed by atoms with Gasteiger partial charge in [-0.05, 0) is 48.7 Å². The van der Waals surface area contributed by atoms with E-state index in [9.17, 15) is 4.79 Å². The molecular weight excluding hydrogens is 344 g/mol. The summed E-state index contributed by atoms with van der Waals surface area (Å²) in [4.78, 5) is 12.0. The standard InChI is InChI=1S/C16H14O2.C10H8/c1-10-7-11(2)13(8-10)16-9-14(17)12-5-3-4-6-15(12)18-16;1-2-6-10-8-4-3-7-9(10)5-1/h3-7,9H,8H2,1-2H3;1-8H. The fourth-order valence-electron chi connectivity index (χ4n) is 3.59. The topological polar surface area (TPSA) is 30.2 Å². The molecule has 0 saturated heterocycles. The lowest BCUT2D eigenvalue weighted by Crippen LogP contribution is -2.01. The predicted molar refractivity (Wildman–Crippen MR) is 117 cm³/mol. The molecule has 1 aliphatic rings. The predicted octanol–water partition coefficient (Wildman–Crippen LogP) is 6.76. The molecule has 0 atom stereocenters. The van der Waals surface area contributed by atoms with E-state index in [1.807, 2.05) is 18.2 Å². The molecule has 2 nitrogen and oxygen atoms in total. The molecule has 0 unspecified atom stereocenters. The van der Waals surface area contributed by atoms with Crippen molar-refractivity contribution in [2.24, 2.45) is 0 Å². The van der Waals surface area contributed by atoms with Crippen LogP contribution in [0.4, 0.5) is 0 Å². The van der Waals surface area contributed by atoms with Gasteiger partial charge in [-0.3, -0.25) is 4.79 Å². The van der Waals surface area contributed by atoms with Crippen LogP contribution in [0, 0.1) is 0 Å². The van der Waals surface area contributed by atoms with E-state index in [4.69, 9.17) is 4.42 Å². The average molecular weight is 366 g/mol. The van der Waals surface area contributed by atoms with Gasteiger partial charge in [0.05, 0.1) is 5.39 Å². The Morgan fingerprint density at radius 3 is 1.93 bits per heavy atom. The molecule has 0 N–H and O–H groups in total. The third-order valence-electron chi connectivity index (χ3n) is 4.99. The van der Waals surface area contributed by atoms with Crippen molar-refractivity contribution in [1.82, 2.24) is 0 Å². The summed E-state index contributed by atoms with van der Waals surface area (Å²) in [6, 6.07) is 25.7. The van der Waals surface area contributed by atoms with E-state index in [2.05, 4.69) is 68.5 Å². The van der Waals surface area contributed by atoms with E-state index < -0.39 is 0 Å². The summed E-state index contributed by atoms with van der Waals surface area (Å²) in [6.45, 7) is 4.15. The Labute approximate surface area is 164 Å². The SMILES string of the molecule is CC1=CC(C)=C(c2cc(=O)c3ccccc3o2)C1.c1ccc2ccccc2c1. The first-order valence-corrected chi connectivity index (χ1v) is 9.46. The number of hydrogen-bond donors (Lipinski definition) is 0. The van der Waals surface area contributed by atoms with Crippen LogP contribution in [0.2, 0.25) is 0 Å². The molecule has 0 fully saturated rings. The first-order valence-electron chi connectivity index (χ1n) is 9.46. The zero-order chi connectivity index (χ0) is 19.5. The Morgan fingerprint density at radius 1 is 0.786 bits per heavy atom. The monoisotopic (exact) mass is 366 g/mol. The molecular formula is C26H22O2. The van der Waals surface area contributed by atoms with Crippen molar-refractivity contribution in [1.29, 1.82) is 0 Å². The Kier molecular flexibility index (Phi) is 4.94. The Bertz CT molecular complexity index is 1210. The number of rotatable bonds is 1. The lowest BCUT2D eigenvalue weighted by Gasteiger charge is -2.05. The Hall–Kier alpha value is -3.39. The van der Waals surface area contributed by atoms with Crippen molar-refractivity contribution < 1.29 is 4.42 Å². The highest BCUT2D eigenvalue weighted by Gasteiger charge is 2.15. The zero-order valence-electron chi connectivity index (χ0n) is 16.1. The molecule has 0 aliphatic heterocycles. The lowest BCUT2D eigenvalue weighted by atomic mass is 10.1. The van der Waals surface area contributed by atoms with Gasteiger partial charge in [0, 0.05) is 11.6 Å². The largest absolute Gasteiger partial charge is 0.456 e. The molecule has 5 rings (SSSR count). The zero-order valence-corrected chi connectivity index (χ0v) is 16.1. The number of para-hydroxylation sites is 1. The van der Waals surface area contributed by atoms with E-state index in [0.717, 1.165) is 12.0 Å².